The number of benzene rings is 1. The average Bonchev–Trinajstić information content (AvgIpc) is 2.71. The van der Waals surface area contributed by atoms with Crippen molar-refractivity contribution in [2.24, 2.45) is 5.41 Å². The van der Waals surface area contributed by atoms with E-state index < -0.39 is 0 Å². The molecule has 0 aromatic heterocycles. The summed E-state index contributed by atoms with van der Waals surface area (Å²) < 4.78 is 5.18. The lowest BCUT2D eigenvalue weighted by Crippen LogP contribution is -2.49. The molecule has 112 valence electrons. The second-order valence-electron chi connectivity index (χ2n) is 6.35. The summed E-state index contributed by atoms with van der Waals surface area (Å²) >= 11 is 0. The van der Waals surface area contributed by atoms with E-state index in [1.165, 1.54) is 4.90 Å². The third-order valence-corrected chi connectivity index (χ3v) is 4.47. The zero-order valence-corrected chi connectivity index (χ0v) is 12.6. The summed E-state index contributed by atoms with van der Waals surface area (Å²) in [7, 11) is 1.57. The van der Waals surface area contributed by atoms with Crippen LogP contribution in [0.1, 0.15) is 26.7 Å². The Balaban J connectivity index is 2.00. The van der Waals surface area contributed by atoms with Gasteiger partial charge in [-0.25, -0.2) is 9.69 Å². The van der Waals surface area contributed by atoms with Gasteiger partial charge < -0.3 is 9.64 Å². The highest BCUT2D eigenvalue weighted by Crippen LogP contribution is 2.41. The molecule has 3 rings (SSSR count). The van der Waals surface area contributed by atoms with E-state index in [1.54, 1.807) is 36.3 Å². The minimum absolute atomic E-state index is 0.127. The molecule has 1 aromatic carbocycles. The molecule has 5 nitrogen and oxygen atoms in total. The van der Waals surface area contributed by atoms with Crippen LogP contribution in [-0.2, 0) is 4.79 Å². The minimum Gasteiger partial charge on any atom is -0.497 e. The fourth-order valence-corrected chi connectivity index (χ4v) is 3.40. The lowest BCUT2D eigenvalue weighted by atomic mass is 9.77. The summed E-state index contributed by atoms with van der Waals surface area (Å²) in [5.74, 6) is 0.509. The van der Waals surface area contributed by atoms with Crippen molar-refractivity contribution in [1.29, 1.82) is 0 Å². The Morgan fingerprint density at radius 2 is 2.05 bits per heavy atom. The van der Waals surface area contributed by atoms with Crippen molar-refractivity contribution in [3.05, 3.63) is 24.3 Å². The van der Waals surface area contributed by atoms with Gasteiger partial charge in [0.1, 0.15) is 11.8 Å². The van der Waals surface area contributed by atoms with Crippen LogP contribution in [0, 0.1) is 5.41 Å². The molecule has 0 bridgehead atoms. The number of urea groups is 1. The Hall–Kier alpha value is -2.04. The molecule has 0 radical (unpaired) electrons. The van der Waals surface area contributed by atoms with Crippen molar-refractivity contribution in [2.45, 2.75) is 32.7 Å². The second kappa shape index (κ2) is 4.76. The SMILES string of the molecule is COc1cccc(N2C(=O)C3N(CCCC3(C)C)C2=O)c1. The monoisotopic (exact) mass is 288 g/mol. The molecule has 1 unspecified atom stereocenters. The number of anilines is 1. The Labute approximate surface area is 124 Å². The summed E-state index contributed by atoms with van der Waals surface area (Å²) in [5.41, 5.74) is 0.396. The maximum absolute atomic E-state index is 12.8. The molecule has 2 aliphatic heterocycles. The quantitative estimate of drug-likeness (QED) is 0.786. The Morgan fingerprint density at radius 1 is 1.29 bits per heavy atom. The zero-order valence-electron chi connectivity index (χ0n) is 12.6. The molecule has 2 heterocycles. The van der Waals surface area contributed by atoms with Gasteiger partial charge in [-0.1, -0.05) is 19.9 Å². The van der Waals surface area contributed by atoms with Crippen molar-refractivity contribution < 1.29 is 14.3 Å². The van der Waals surface area contributed by atoms with Crippen molar-refractivity contribution in [2.75, 3.05) is 18.6 Å². The number of piperidine rings is 1. The molecule has 21 heavy (non-hydrogen) atoms. The summed E-state index contributed by atoms with van der Waals surface area (Å²) in [6, 6.07) is 6.50. The van der Waals surface area contributed by atoms with Crippen molar-refractivity contribution in [3.63, 3.8) is 0 Å². The van der Waals surface area contributed by atoms with Gasteiger partial charge in [-0.3, -0.25) is 4.79 Å². The van der Waals surface area contributed by atoms with Gasteiger partial charge in [0.2, 0.25) is 0 Å². The van der Waals surface area contributed by atoms with E-state index in [9.17, 15) is 9.59 Å². The molecule has 1 atom stereocenters. The van der Waals surface area contributed by atoms with Gasteiger partial charge in [0.25, 0.3) is 5.91 Å². The number of hydrogen-bond donors (Lipinski definition) is 0. The molecular formula is C16H20N2O3. The molecule has 0 saturated carbocycles. The summed E-state index contributed by atoms with van der Waals surface area (Å²) in [6.07, 6.45) is 1.90. The van der Waals surface area contributed by atoms with Crippen LogP contribution in [0.4, 0.5) is 10.5 Å². The molecule has 2 fully saturated rings. The first-order valence-corrected chi connectivity index (χ1v) is 7.24. The first-order valence-electron chi connectivity index (χ1n) is 7.24. The van der Waals surface area contributed by atoms with Gasteiger partial charge in [-0.2, -0.15) is 0 Å². The van der Waals surface area contributed by atoms with Gasteiger partial charge in [0.15, 0.2) is 0 Å². The summed E-state index contributed by atoms with van der Waals surface area (Å²) in [5, 5.41) is 0. The van der Waals surface area contributed by atoms with Crippen LogP contribution < -0.4 is 9.64 Å². The summed E-state index contributed by atoms with van der Waals surface area (Å²) in [4.78, 5) is 28.4. The minimum atomic E-state index is -0.357. The predicted molar refractivity (Wildman–Crippen MR) is 79.4 cm³/mol. The number of nitrogens with zero attached hydrogens (tertiary/aromatic N) is 2. The first kappa shape index (κ1) is 13.9. The number of fused-ring (bicyclic) bond motifs is 1. The fraction of sp³-hybridized carbons (Fsp3) is 0.500. The topological polar surface area (TPSA) is 49.9 Å². The van der Waals surface area contributed by atoms with Crippen LogP contribution in [0.25, 0.3) is 0 Å². The highest BCUT2D eigenvalue weighted by atomic mass is 16.5. The Bertz CT molecular complexity index is 597. The maximum Gasteiger partial charge on any atom is 0.332 e. The molecule has 0 spiro atoms. The third-order valence-electron chi connectivity index (χ3n) is 4.47. The number of imide groups is 1. The number of rotatable bonds is 2. The van der Waals surface area contributed by atoms with E-state index in [4.69, 9.17) is 4.74 Å². The number of carbonyl (C=O) groups excluding carboxylic acids is 2. The van der Waals surface area contributed by atoms with E-state index in [0.717, 1.165) is 12.8 Å². The van der Waals surface area contributed by atoms with Gasteiger partial charge in [0, 0.05) is 12.6 Å². The molecule has 2 aliphatic rings. The fourth-order valence-electron chi connectivity index (χ4n) is 3.40. The maximum atomic E-state index is 12.8. The van der Waals surface area contributed by atoms with Crippen LogP contribution in [0.15, 0.2) is 24.3 Å². The van der Waals surface area contributed by atoms with Crippen LogP contribution in [0.2, 0.25) is 0 Å². The molecule has 0 aliphatic carbocycles. The van der Waals surface area contributed by atoms with Gasteiger partial charge in [-0.15, -0.1) is 0 Å². The lowest BCUT2D eigenvalue weighted by molar-refractivity contribution is -0.124. The number of ether oxygens (including phenoxy) is 1. The Morgan fingerprint density at radius 3 is 2.71 bits per heavy atom. The standard InChI is InChI=1S/C16H20N2O3/c1-16(2)8-5-9-17-13(16)14(19)18(15(17)20)11-6-4-7-12(10-11)21-3/h4,6-7,10,13H,5,8-9H2,1-3H3. The van der Waals surface area contributed by atoms with Crippen LogP contribution in [-0.4, -0.2) is 36.5 Å². The van der Waals surface area contributed by atoms with Crippen molar-refractivity contribution in [1.82, 2.24) is 4.90 Å². The molecular weight excluding hydrogens is 268 g/mol. The van der Waals surface area contributed by atoms with Gasteiger partial charge in [0.05, 0.1) is 12.8 Å². The normalized spacial score (nSPS) is 24.2. The molecule has 5 heteroatoms. The smallest absolute Gasteiger partial charge is 0.332 e. The Kier molecular flexibility index (Phi) is 3.15. The number of carbonyl (C=O) groups is 2. The third kappa shape index (κ3) is 2.07. The largest absolute Gasteiger partial charge is 0.497 e. The van der Waals surface area contributed by atoms with E-state index in [1.807, 2.05) is 0 Å². The highest BCUT2D eigenvalue weighted by molar-refractivity contribution is 6.21. The van der Waals surface area contributed by atoms with Crippen molar-refractivity contribution >= 4 is 17.6 Å². The number of amides is 3. The second-order valence-corrected chi connectivity index (χ2v) is 6.35. The average molecular weight is 288 g/mol. The van der Waals surface area contributed by atoms with Crippen molar-refractivity contribution in [3.8, 4) is 5.75 Å². The lowest BCUT2D eigenvalue weighted by Gasteiger charge is -2.39. The number of methoxy groups -OCH3 is 1. The molecule has 2 saturated heterocycles. The first-order chi connectivity index (χ1) is 9.95. The van der Waals surface area contributed by atoms with E-state index >= 15 is 0 Å². The highest BCUT2D eigenvalue weighted by Gasteiger charge is 2.54. The van der Waals surface area contributed by atoms with E-state index in [2.05, 4.69) is 13.8 Å². The van der Waals surface area contributed by atoms with Gasteiger partial charge >= 0.3 is 6.03 Å². The van der Waals surface area contributed by atoms with Crippen LogP contribution in [0.3, 0.4) is 0 Å². The molecule has 3 amide bonds. The zero-order chi connectivity index (χ0) is 15.2. The van der Waals surface area contributed by atoms with Crippen LogP contribution in [0.5, 0.6) is 5.75 Å². The molecule has 1 aromatic rings. The number of hydrogen-bond acceptors (Lipinski definition) is 3. The molecule has 0 N–H and O–H groups in total. The van der Waals surface area contributed by atoms with Crippen LogP contribution >= 0.6 is 0 Å². The van der Waals surface area contributed by atoms with E-state index in [-0.39, 0.29) is 23.4 Å². The van der Waals surface area contributed by atoms with Gasteiger partial charge in [-0.05, 0) is 30.4 Å². The summed E-state index contributed by atoms with van der Waals surface area (Å²) in [6.45, 7) is 4.77. The predicted octanol–water partition coefficient (Wildman–Crippen LogP) is 2.65. The van der Waals surface area contributed by atoms with E-state index in [0.29, 0.717) is 18.0 Å².